The van der Waals surface area contributed by atoms with Gasteiger partial charge in [-0.15, -0.1) is 0 Å². The van der Waals surface area contributed by atoms with Crippen molar-refractivity contribution in [2.75, 3.05) is 6.61 Å². The summed E-state index contributed by atoms with van der Waals surface area (Å²) in [6.07, 6.45) is 1.36. The number of hydrogen-bond donors (Lipinski definition) is 0. The van der Waals surface area contributed by atoms with Crippen LogP contribution in [0.4, 0.5) is 0 Å². The summed E-state index contributed by atoms with van der Waals surface area (Å²) in [5, 5.41) is 0. The van der Waals surface area contributed by atoms with E-state index in [9.17, 15) is 4.79 Å². The molecule has 3 nitrogen and oxygen atoms in total. The van der Waals surface area contributed by atoms with Crippen molar-refractivity contribution in [2.24, 2.45) is 0 Å². The molecule has 0 radical (unpaired) electrons. The summed E-state index contributed by atoms with van der Waals surface area (Å²) in [7, 11) is 0. The zero-order chi connectivity index (χ0) is 11.1. The molecule has 0 spiro atoms. The van der Waals surface area contributed by atoms with Crippen molar-refractivity contribution in [1.82, 2.24) is 0 Å². The Bertz CT molecular complexity index is 303. The molecular formula is C12H16O3. The van der Waals surface area contributed by atoms with Gasteiger partial charge in [-0.3, -0.25) is 4.79 Å². The third-order valence-electron chi connectivity index (χ3n) is 1.82. The monoisotopic (exact) mass is 208 g/mol. The molecule has 1 rings (SSSR count). The molecule has 0 heterocycles. The molecule has 0 aromatic heterocycles. The van der Waals surface area contributed by atoms with Crippen LogP contribution >= 0.6 is 0 Å². The first-order chi connectivity index (χ1) is 7.26. The lowest BCUT2D eigenvalue weighted by molar-refractivity contribution is -0.134. The average Bonchev–Trinajstić information content (AvgIpc) is 2.28. The Balaban J connectivity index is 2.52. The van der Waals surface area contributed by atoms with Gasteiger partial charge in [-0.1, -0.05) is 13.8 Å². The highest BCUT2D eigenvalue weighted by molar-refractivity contribution is 5.71. The Labute approximate surface area is 90.0 Å². The van der Waals surface area contributed by atoms with E-state index in [-0.39, 0.29) is 5.97 Å². The van der Waals surface area contributed by atoms with Crippen molar-refractivity contribution >= 4 is 5.97 Å². The van der Waals surface area contributed by atoms with Crippen molar-refractivity contribution < 1.29 is 14.3 Å². The SMILES string of the molecule is CCCOc1ccc(OC(=O)CC)cc1. The summed E-state index contributed by atoms with van der Waals surface area (Å²) >= 11 is 0. The molecule has 0 fully saturated rings. The predicted molar refractivity (Wildman–Crippen MR) is 58.2 cm³/mol. The number of rotatable bonds is 5. The van der Waals surface area contributed by atoms with Gasteiger partial charge >= 0.3 is 5.97 Å². The van der Waals surface area contributed by atoms with Gasteiger partial charge in [0.2, 0.25) is 0 Å². The number of hydrogen-bond acceptors (Lipinski definition) is 3. The fraction of sp³-hybridized carbons (Fsp3) is 0.417. The lowest BCUT2D eigenvalue weighted by Gasteiger charge is -2.05. The lowest BCUT2D eigenvalue weighted by atomic mass is 10.3. The van der Waals surface area contributed by atoms with Gasteiger partial charge in [0.05, 0.1) is 6.61 Å². The molecule has 82 valence electrons. The van der Waals surface area contributed by atoms with Crippen molar-refractivity contribution in [2.45, 2.75) is 26.7 Å². The molecule has 0 atom stereocenters. The molecule has 0 bridgehead atoms. The van der Waals surface area contributed by atoms with E-state index in [1.165, 1.54) is 0 Å². The van der Waals surface area contributed by atoms with Gasteiger partial charge < -0.3 is 9.47 Å². The van der Waals surface area contributed by atoms with E-state index in [1.54, 1.807) is 31.2 Å². The fourth-order valence-electron chi connectivity index (χ4n) is 1.03. The van der Waals surface area contributed by atoms with Gasteiger partial charge in [-0.25, -0.2) is 0 Å². The second-order valence-electron chi connectivity index (χ2n) is 3.15. The lowest BCUT2D eigenvalue weighted by Crippen LogP contribution is -2.05. The highest BCUT2D eigenvalue weighted by atomic mass is 16.5. The summed E-state index contributed by atoms with van der Waals surface area (Å²) in [6, 6.07) is 7.07. The number of carbonyl (C=O) groups is 1. The predicted octanol–water partition coefficient (Wildman–Crippen LogP) is 2.79. The summed E-state index contributed by atoms with van der Waals surface area (Å²) in [6.45, 7) is 4.52. The second-order valence-corrected chi connectivity index (χ2v) is 3.15. The number of benzene rings is 1. The van der Waals surface area contributed by atoms with E-state index >= 15 is 0 Å². The third kappa shape index (κ3) is 4.02. The maximum atomic E-state index is 11.0. The molecule has 3 heteroatoms. The van der Waals surface area contributed by atoms with Crippen molar-refractivity contribution in [1.29, 1.82) is 0 Å². The average molecular weight is 208 g/mol. The van der Waals surface area contributed by atoms with Crippen LogP contribution in [0, 0.1) is 0 Å². The van der Waals surface area contributed by atoms with Gasteiger partial charge in [0.25, 0.3) is 0 Å². The Hall–Kier alpha value is -1.51. The minimum atomic E-state index is -0.225. The van der Waals surface area contributed by atoms with Crippen LogP contribution < -0.4 is 9.47 Å². The van der Waals surface area contributed by atoms with E-state index < -0.39 is 0 Å². The highest BCUT2D eigenvalue weighted by Crippen LogP contribution is 2.17. The fourth-order valence-corrected chi connectivity index (χ4v) is 1.03. The van der Waals surface area contributed by atoms with Crippen LogP contribution in [0.25, 0.3) is 0 Å². The topological polar surface area (TPSA) is 35.5 Å². The number of ether oxygens (including phenoxy) is 2. The largest absolute Gasteiger partial charge is 0.494 e. The molecule has 0 unspecified atom stereocenters. The summed E-state index contributed by atoms with van der Waals surface area (Å²) in [4.78, 5) is 11.0. The van der Waals surface area contributed by atoms with Crippen LogP contribution in [0.1, 0.15) is 26.7 Å². The van der Waals surface area contributed by atoms with Crippen LogP contribution in [0.5, 0.6) is 11.5 Å². The normalized spacial score (nSPS) is 9.73. The van der Waals surface area contributed by atoms with E-state index in [0.717, 1.165) is 12.2 Å². The molecule has 0 saturated carbocycles. The van der Waals surface area contributed by atoms with Gasteiger partial charge in [-0.2, -0.15) is 0 Å². The summed E-state index contributed by atoms with van der Waals surface area (Å²) < 4.78 is 10.4. The molecule has 0 aliphatic heterocycles. The van der Waals surface area contributed by atoms with E-state index in [1.807, 2.05) is 0 Å². The standard InChI is InChI=1S/C12H16O3/c1-3-9-14-10-5-7-11(8-6-10)15-12(13)4-2/h5-8H,3-4,9H2,1-2H3. The van der Waals surface area contributed by atoms with Gasteiger partial charge in [0.1, 0.15) is 11.5 Å². The molecule has 0 N–H and O–H groups in total. The molecule has 0 aliphatic rings. The van der Waals surface area contributed by atoms with Crippen molar-refractivity contribution in [3.8, 4) is 11.5 Å². The molecule has 0 amide bonds. The van der Waals surface area contributed by atoms with E-state index in [0.29, 0.717) is 18.8 Å². The maximum Gasteiger partial charge on any atom is 0.310 e. The quantitative estimate of drug-likeness (QED) is 0.551. The molecule has 1 aromatic rings. The first-order valence-electron chi connectivity index (χ1n) is 5.19. The Morgan fingerprint density at radius 2 is 1.73 bits per heavy atom. The molecule has 15 heavy (non-hydrogen) atoms. The van der Waals surface area contributed by atoms with E-state index in [4.69, 9.17) is 9.47 Å². The number of carbonyl (C=O) groups excluding carboxylic acids is 1. The number of esters is 1. The maximum absolute atomic E-state index is 11.0. The zero-order valence-corrected chi connectivity index (χ0v) is 9.16. The summed E-state index contributed by atoms with van der Waals surface area (Å²) in [5.74, 6) is 1.14. The smallest absolute Gasteiger partial charge is 0.310 e. The minimum absolute atomic E-state index is 0.225. The van der Waals surface area contributed by atoms with Crippen LogP contribution in [-0.4, -0.2) is 12.6 Å². The molecular weight excluding hydrogens is 192 g/mol. The first-order valence-corrected chi connectivity index (χ1v) is 5.19. The van der Waals surface area contributed by atoms with Crippen molar-refractivity contribution in [3.05, 3.63) is 24.3 Å². The molecule has 1 aromatic carbocycles. The zero-order valence-electron chi connectivity index (χ0n) is 9.16. The first kappa shape index (κ1) is 11.6. The molecule has 0 aliphatic carbocycles. The van der Waals surface area contributed by atoms with Gasteiger partial charge in [0.15, 0.2) is 0 Å². The van der Waals surface area contributed by atoms with E-state index in [2.05, 4.69) is 6.92 Å². The van der Waals surface area contributed by atoms with Crippen LogP contribution in [-0.2, 0) is 4.79 Å². The van der Waals surface area contributed by atoms with Crippen molar-refractivity contribution in [3.63, 3.8) is 0 Å². The van der Waals surface area contributed by atoms with Gasteiger partial charge in [-0.05, 0) is 30.7 Å². The van der Waals surface area contributed by atoms with Crippen LogP contribution in [0.2, 0.25) is 0 Å². The third-order valence-corrected chi connectivity index (χ3v) is 1.82. The highest BCUT2D eigenvalue weighted by Gasteiger charge is 2.01. The summed E-state index contributed by atoms with van der Waals surface area (Å²) in [5.41, 5.74) is 0. The minimum Gasteiger partial charge on any atom is -0.494 e. The van der Waals surface area contributed by atoms with Crippen LogP contribution in [0.3, 0.4) is 0 Å². The molecule has 0 saturated heterocycles. The van der Waals surface area contributed by atoms with Gasteiger partial charge in [0, 0.05) is 6.42 Å². The van der Waals surface area contributed by atoms with Crippen LogP contribution in [0.15, 0.2) is 24.3 Å². The Morgan fingerprint density at radius 3 is 2.27 bits per heavy atom. The second kappa shape index (κ2) is 6.06. The Kier molecular flexibility index (Phi) is 4.68. The Morgan fingerprint density at radius 1 is 1.13 bits per heavy atom.